The summed E-state index contributed by atoms with van der Waals surface area (Å²) in [5.41, 5.74) is 0.750. The van der Waals surface area contributed by atoms with Crippen LogP contribution in [-0.2, 0) is 4.79 Å². The van der Waals surface area contributed by atoms with Gasteiger partial charge in [-0.25, -0.2) is 0 Å². The van der Waals surface area contributed by atoms with Gasteiger partial charge in [-0.3, -0.25) is 4.79 Å². The Morgan fingerprint density at radius 1 is 1.27 bits per heavy atom. The van der Waals surface area contributed by atoms with E-state index < -0.39 is 0 Å². The van der Waals surface area contributed by atoms with Crippen molar-refractivity contribution in [1.29, 1.82) is 5.26 Å². The van der Waals surface area contributed by atoms with Crippen molar-refractivity contribution in [2.45, 2.75) is 30.4 Å². The highest BCUT2D eigenvalue weighted by molar-refractivity contribution is 8.00. The summed E-state index contributed by atoms with van der Waals surface area (Å²) in [4.78, 5) is 15.5. The molecule has 0 aliphatic heterocycles. The first-order chi connectivity index (χ1) is 12.6. The zero-order valence-electron chi connectivity index (χ0n) is 14.8. The summed E-state index contributed by atoms with van der Waals surface area (Å²) in [7, 11) is 0. The molecule has 1 unspecified atom stereocenters. The standard InChI is InChI=1S/C20H21ClN2O2S/c1-3-25-17-11-9-16(10-12-17)23(14-6-13-22)20(24)15(2)26-19-8-5-4-7-18(19)21/h4-5,7-12,15H,3,6,14H2,1-2H3. The minimum Gasteiger partial charge on any atom is -0.494 e. The van der Waals surface area contributed by atoms with Crippen LogP contribution in [0.2, 0.25) is 5.02 Å². The van der Waals surface area contributed by atoms with Gasteiger partial charge in [-0.2, -0.15) is 5.26 Å². The first-order valence-electron chi connectivity index (χ1n) is 8.39. The highest BCUT2D eigenvalue weighted by Gasteiger charge is 2.23. The molecular formula is C20H21ClN2O2S. The molecule has 0 heterocycles. The molecule has 0 fully saturated rings. The Balaban J connectivity index is 2.17. The van der Waals surface area contributed by atoms with Crippen LogP contribution in [0, 0.1) is 11.3 Å². The lowest BCUT2D eigenvalue weighted by atomic mass is 10.2. The van der Waals surface area contributed by atoms with Crippen LogP contribution in [0.5, 0.6) is 5.75 Å². The summed E-state index contributed by atoms with van der Waals surface area (Å²) >= 11 is 7.61. The predicted molar refractivity (Wildman–Crippen MR) is 107 cm³/mol. The van der Waals surface area contributed by atoms with Gasteiger partial charge in [0, 0.05) is 17.1 Å². The lowest BCUT2D eigenvalue weighted by Gasteiger charge is -2.25. The molecule has 1 atom stereocenters. The number of nitrogens with zero attached hydrogens (tertiary/aromatic N) is 2. The SMILES string of the molecule is CCOc1ccc(N(CCC#N)C(=O)C(C)Sc2ccccc2Cl)cc1. The van der Waals surface area contributed by atoms with E-state index in [9.17, 15) is 4.79 Å². The number of carbonyl (C=O) groups excluding carboxylic acids is 1. The number of anilines is 1. The van der Waals surface area contributed by atoms with Crippen LogP contribution in [-0.4, -0.2) is 24.3 Å². The van der Waals surface area contributed by atoms with Crippen molar-refractivity contribution in [3.63, 3.8) is 0 Å². The molecule has 26 heavy (non-hydrogen) atoms. The fraction of sp³-hybridized carbons (Fsp3) is 0.300. The van der Waals surface area contributed by atoms with Gasteiger partial charge in [0.2, 0.25) is 5.91 Å². The van der Waals surface area contributed by atoms with Crippen molar-refractivity contribution in [3.8, 4) is 11.8 Å². The maximum absolute atomic E-state index is 13.0. The number of benzene rings is 2. The predicted octanol–water partition coefficient (Wildman–Crippen LogP) is 5.17. The van der Waals surface area contributed by atoms with Gasteiger partial charge in [-0.1, -0.05) is 23.7 Å². The van der Waals surface area contributed by atoms with Gasteiger partial charge in [-0.15, -0.1) is 11.8 Å². The van der Waals surface area contributed by atoms with E-state index in [4.69, 9.17) is 21.6 Å². The van der Waals surface area contributed by atoms with Crippen molar-refractivity contribution >= 4 is 35.0 Å². The molecule has 0 saturated carbocycles. The van der Waals surface area contributed by atoms with Crippen molar-refractivity contribution in [3.05, 3.63) is 53.6 Å². The van der Waals surface area contributed by atoms with Crippen molar-refractivity contribution in [1.82, 2.24) is 0 Å². The third-order valence-electron chi connectivity index (χ3n) is 3.66. The average Bonchev–Trinajstić information content (AvgIpc) is 2.65. The maximum atomic E-state index is 13.0. The Morgan fingerprint density at radius 2 is 1.96 bits per heavy atom. The second-order valence-electron chi connectivity index (χ2n) is 5.52. The molecule has 2 aromatic rings. The maximum Gasteiger partial charge on any atom is 0.240 e. The number of hydrogen-bond donors (Lipinski definition) is 0. The molecule has 2 rings (SSSR count). The molecule has 2 aromatic carbocycles. The van der Waals surface area contributed by atoms with E-state index in [1.165, 1.54) is 11.8 Å². The quantitative estimate of drug-likeness (QED) is 0.585. The molecule has 0 aromatic heterocycles. The lowest BCUT2D eigenvalue weighted by Crippen LogP contribution is -2.37. The fourth-order valence-corrected chi connectivity index (χ4v) is 3.63. The molecule has 1 amide bonds. The molecular weight excluding hydrogens is 368 g/mol. The largest absolute Gasteiger partial charge is 0.494 e. The van der Waals surface area contributed by atoms with Crippen LogP contribution >= 0.6 is 23.4 Å². The third kappa shape index (κ3) is 5.42. The molecule has 136 valence electrons. The van der Waals surface area contributed by atoms with Crippen LogP contribution in [0.4, 0.5) is 5.69 Å². The van der Waals surface area contributed by atoms with Gasteiger partial charge >= 0.3 is 0 Å². The van der Waals surface area contributed by atoms with Gasteiger partial charge in [0.25, 0.3) is 0 Å². The van der Waals surface area contributed by atoms with Gasteiger partial charge < -0.3 is 9.64 Å². The molecule has 0 spiro atoms. The minimum absolute atomic E-state index is 0.0608. The summed E-state index contributed by atoms with van der Waals surface area (Å²) in [6, 6.07) is 16.9. The topological polar surface area (TPSA) is 53.3 Å². The smallest absolute Gasteiger partial charge is 0.240 e. The molecule has 6 heteroatoms. The molecule has 0 N–H and O–H groups in total. The van der Waals surface area contributed by atoms with Crippen LogP contribution in [0.3, 0.4) is 0 Å². The number of ether oxygens (including phenoxy) is 1. The van der Waals surface area contributed by atoms with Crippen LogP contribution in [0.15, 0.2) is 53.4 Å². The van der Waals surface area contributed by atoms with E-state index >= 15 is 0 Å². The lowest BCUT2D eigenvalue weighted by molar-refractivity contribution is -0.117. The van der Waals surface area contributed by atoms with Crippen LogP contribution in [0.25, 0.3) is 0 Å². The van der Waals surface area contributed by atoms with E-state index in [0.717, 1.165) is 16.3 Å². The van der Waals surface area contributed by atoms with Gasteiger partial charge in [0.1, 0.15) is 5.75 Å². The molecule has 0 saturated heterocycles. The molecule has 0 bridgehead atoms. The number of thioether (sulfide) groups is 1. The average molecular weight is 389 g/mol. The molecule has 0 aliphatic rings. The van der Waals surface area contributed by atoms with Gasteiger partial charge in [0.05, 0.1) is 29.4 Å². The Hall–Kier alpha value is -2.16. The number of nitriles is 1. The normalized spacial score (nSPS) is 11.5. The van der Waals surface area contributed by atoms with E-state index in [1.807, 2.05) is 56.3 Å². The van der Waals surface area contributed by atoms with Gasteiger partial charge in [0.15, 0.2) is 0 Å². The summed E-state index contributed by atoms with van der Waals surface area (Å²) in [6.07, 6.45) is 0.266. The number of amides is 1. The van der Waals surface area contributed by atoms with E-state index in [1.54, 1.807) is 11.0 Å². The second-order valence-corrected chi connectivity index (χ2v) is 7.31. The zero-order valence-corrected chi connectivity index (χ0v) is 16.4. The molecule has 4 nitrogen and oxygen atoms in total. The van der Waals surface area contributed by atoms with E-state index in [-0.39, 0.29) is 17.6 Å². The fourth-order valence-electron chi connectivity index (χ4n) is 2.42. The third-order valence-corrected chi connectivity index (χ3v) is 5.27. The first kappa shape index (κ1) is 20.2. The summed E-state index contributed by atoms with van der Waals surface area (Å²) in [5, 5.41) is 9.23. The van der Waals surface area contributed by atoms with E-state index in [0.29, 0.717) is 18.2 Å². The Labute approximate surface area is 163 Å². The minimum atomic E-state index is -0.333. The Bertz CT molecular complexity index is 774. The number of hydrogen-bond acceptors (Lipinski definition) is 4. The highest BCUT2D eigenvalue weighted by atomic mass is 35.5. The summed E-state index contributed by atoms with van der Waals surface area (Å²) in [6.45, 7) is 4.70. The molecule has 0 radical (unpaired) electrons. The summed E-state index contributed by atoms with van der Waals surface area (Å²) < 4.78 is 5.45. The van der Waals surface area contributed by atoms with E-state index in [2.05, 4.69) is 6.07 Å². The Kier molecular flexibility index (Phi) is 7.83. The van der Waals surface area contributed by atoms with Crippen molar-refractivity contribution in [2.24, 2.45) is 0 Å². The summed E-state index contributed by atoms with van der Waals surface area (Å²) in [5.74, 6) is 0.691. The second kappa shape index (κ2) is 10.1. The highest BCUT2D eigenvalue weighted by Crippen LogP contribution is 2.32. The Morgan fingerprint density at radius 3 is 2.58 bits per heavy atom. The van der Waals surface area contributed by atoms with Crippen molar-refractivity contribution < 1.29 is 9.53 Å². The number of carbonyl (C=O) groups is 1. The monoisotopic (exact) mass is 388 g/mol. The van der Waals surface area contributed by atoms with Crippen LogP contribution < -0.4 is 9.64 Å². The first-order valence-corrected chi connectivity index (χ1v) is 9.65. The van der Waals surface area contributed by atoms with Gasteiger partial charge in [-0.05, 0) is 50.2 Å². The number of rotatable bonds is 8. The number of halogens is 1. The van der Waals surface area contributed by atoms with Crippen LogP contribution in [0.1, 0.15) is 20.3 Å². The zero-order chi connectivity index (χ0) is 18.9. The molecule has 0 aliphatic carbocycles. The van der Waals surface area contributed by atoms with Crippen molar-refractivity contribution in [2.75, 3.05) is 18.1 Å².